The topological polar surface area (TPSA) is 95.6 Å². The number of carbonyl (C=O) groups excluding carboxylic acids is 1. The second-order valence-electron chi connectivity index (χ2n) is 5.00. The summed E-state index contributed by atoms with van der Waals surface area (Å²) in [5.41, 5.74) is -0.457. The molecule has 130 valence electrons. The van der Waals surface area contributed by atoms with Gasteiger partial charge in [-0.15, -0.1) is 10.2 Å². The maximum atomic E-state index is 12.5. The zero-order valence-electron chi connectivity index (χ0n) is 12.3. The van der Waals surface area contributed by atoms with E-state index in [1.54, 1.807) is 18.2 Å². The molecule has 0 saturated heterocycles. The number of fused-ring (bicyclic) bond motifs is 1. The van der Waals surface area contributed by atoms with E-state index >= 15 is 0 Å². The fraction of sp³-hybridized carbons (Fsp3) is 0.143. The summed E-state index contributed by atoms with van der Waals surface area (Å²) in [6.07, 6.45) is -3.56. The first kappa shape index (κ1) is 17.1. The zero-order chi connectivity index (χ0) is 18.2. The van der Waals surface area contributed by atoms with Crippen LogP contribution in [0.1, 0.15) is 5.69 Å². The van der Waals surface area contributed by atoms with Crippen molar-refractivity contribution < 1.29 is 23.1 Å². The minimum absolute atomic E-state index is 0.0566. The first-order chi connectivity index (χ1) is 11.7. The van der Waals surface area contributed by atoms with Gasteiger partial charge in [-0.25, -0.2) is 0 Å². The number of aromatic amines is 1. The number of H-pyrrole nitrogens is 1. The van der Waals surface area contributed by atoms with Crippen LogP contribution in [0.2, 0.25) is 0 Å². The number of hydrogen-bond acceptors (Lipinski definition) is 4. The summed E-state index contributed by atoms with van der Waals surface area (Å²) in [7, 11) is 0. The molecule has 0 spiro atoms. The molecule has 0 saturated carbocycles. The first-order valence-electron chi connectivity index (χ1n) is 6.79. The monoisotopic (exact) mass is 415 g/mol. The van der Waals surface area contributed by atoms with Gasteiger partial charge in [-0.1, -0.05) is 15.9 Å². The van der Waals surface area contributed by atoms with Crippen LogP contribution in [0.3, 0.4) is 0 Å². The van der Waals surface area contributed by atoms with E-state index in [1.165, 1.54) is 0 Å². The first-order valence-corrected chi connectivity index (χ1v) is 7.59. The lowest BCUT2D eigenvalue weighted by molar-refractivity contribution is -0.141. The van der Waals surface area contributed by atoms with Crippen LogP contribution in [0.15, 0.2) is 45.2 Å². The summed E-state index contributed by atoms with van der Waals surface area (Å²) in [6, 6.07) is 5.88. The molecule has 2 heterocycles. The summed E-state index contributed by atoms with van der Waals surface area (Å²) >= 11 is 3.28. The van der Waals surface area contributed by atoms with Gasteiger partial charge in [0.25, 0.3) is 5.91 Å². The molecule has 0 bridgehead atoms. The number of nitrogens with zero attached hydrogens (tertiary/aromatic N) is 4. The van der Waals surface area contributed by atoms with Crippen LogP contribution >= 0.6 is 15.9 Å². The van der Waals surface area contributed by atoms with Gasteiger partial charge in [0.05, 0.1) is 5.52 Å². The molecule has 0 aliphatic carbocycles. The maximum absolute atomic E-state index is 12.5. The smallest absolute Gasteiger partial charge is 0.435 e. The molecule has 25 heavy (non-hydrogen) atoms. The van der Waals surface area contributed by atoms with Crippen molar-refractivity contribution in [3.8, 4) is 5.88 Å². The lowest BCUT2D eigenvalue weighted by atomic mass is 10.2. The molecule has 0 fully saturated rings. The van der Waals surface area contributed by atoms with Crippen LogP contribution in [0, 0.1) is 0 Å². The van der Waals surface area contributed by atoms with Crippen LogP contribution in [0.4, 0.5) is 18.9 Å². The van der Waals surface area contributed by atoms with Crippen LogP contribution in [-0.2, 0) is 17.5 Å². The van der Waals surface area contributed by atoms with Crippen LogP contribution in [0.25, 0.3) is 10.9 Å². The standard InChI is InChI=1S/C14H9BrF3N5O2/c15-7-1-2-9-8(5-7)12(13(25)19-9)21-20-11(24)6-23-4-3-10(22-23)14(16,17)18/h1-5,19,25H,6H2. The summed E-state index contributed by atoms with van der Waals surface area (Å²) in [5, 5.41) is 20.7. The van der Waals surface area contributed by atoms with Gasteiger partial charge >= 0.3 is 6.18 Å². The van der Waals surface area contributed by atoms with Crippen molar-refractivity contribution in [2.75, 3.05) is 0 Å². The molecule has 7 nitrogen and oxygen atoms in total. The normalized spacial score (nSPS) is 12.3. The number of benzene rings is 1. The molecule has 0 aliphatic rings. The highest BCUT2D eigenvalue weighted by Gasteiger charge is 2.33. The Kier molecular flexibility index (Phi) is 4.33. The van der Waals surface area contributed by atoms with Crippen molar-refractivity contribution in [3.05, 3.63) is 40.6 Å². The Morgan fingerprint density at radius 2 is 2.12 bits per heavy atom. The van der Waals surface area contributed by atoms with E-state index in [0.29, 0.717) is 10.9 Å². The van der Waals surface area contributed by atoms with Gasteiger partial charge in [-0.05, 0) is 24.3 Å². The number of hydrogen-bond donors (Lipinski definition) is 2. The fourth-order valence-corrected chi connectivity index (χ4v) is 2.47. The van der Waals surface area contributed by atoms with Crippen molar-refractivity contribution in [2.24, 2.45) is 10.2 Å². The zero-order valence-corrected chi connectivity index (χ0v) is 13.8. The van der Waals surface area contributed by atoms with Gasteiger partial charge in [0.15, 0.2) is 11.4 Å². The van der Waals surface area contributed by atoms with E-state index in [0.717, 1.165) is 21.4 Å². The Morgan fingerprint density at radius 1 is 1.36 bits per heavy atom. The Hall–Kier alpha value is -2.69. The second-order valence-corrected chi connectivity index (χ2v) is 5.92. The summed E-state index contributed by atoms with van der Waals surface area (Å²) in [6.45, 7) is -0.508. The van der Waals surface area contributed by atoms with Crippen molar-refractivity contribution in [2.45, 2.75) is 12.7 Å². The predicted octanol–water partition coefficient (Wildman–Crippen LogP) is 4.16. The molecule has 1 amide bonds. The summed E-state index contributed by atoms with van der Waals surface area (Å²) in [5.74, 6) is -1.09. The third kappa shape index (κ3) is 3.71. The number of azo groups is 1. The van der Waals surface area contributed by atoms with Crippen molar-refractivity contribution in [3.63, 3.8) is 0 Å². The van der Waals surface area contributed by atoms with Crippen molar-refractivity contribution in [1.29, 1.82) is 0 Å². The van der Waals surface area contributed by atoms with Crippen molar-refractivity contribution in [1.82, 2.24) is 14.8 Å². The second kappa shape index (κ2) is 6.31. The largest absolute Gasteiger partial charge is 0.493 e. The molecule has 0 aliphatic heterocycles. The quantitative estimate of drug-likeness (QED) is 0.628. The van der Waals surface area contributed by atoms with E-state index in [4.69, 9.17) is 0 Å². The van der Waals surface area contributed by atoms with Crippen LogP contribution < -0.4 is 0 Å². The molecule has 2 aromatic heterocycles. The third-order valence-corrected chi connectivity index (χ3v) is 3.70. The minimum Gasteiger partial charge on any atom is -0.493 e. The van der Waals surface area contributed by atoms with E-state index < -0.39 is 24.3 Å². The van der Waals surface area contributed by atoms with E-state index in [1.807, 2.05) is 0 Å². The molecule has 11 heteroatoms. The van der Waals surface area contributed by atoms with E-state index in [2.05, 4.69) is 36.2 Å². The van der Waals surface area contributed by atoms with Gasteiger partial charge in [0, 0.05) is 16.1 Å². The molecule has 3 rings (SSSR count). The number of nitrogens with one attached hydrogen (secondary N) is 1. The highest BCUT2D eigenvalue weighted by atomic mass is 79.9. The molecule has 2 N–H and O–H groups in total. The number of alkyl halides is 3. The summed E-state index contributed by atoms with van der Waals surface area (Å²) < 4.78 is 38.9. The molecule has 1 aromatic carbocycles. The van der Waals surface area contributed by atoms with Gasteiger partial charge in [0.1, 0.15) is 6.54 Å². The average molecular weight is 416 g/mol. The van der Waals surface area contributed by atoms with Gasteiger partial charge in [0.2, 0.25) is 5.88 Å². The predicted molar refractivity (Wildman–Crippen MR) is 84.4 cm³/mol. The summed E-state index contributed by atoms with van der Waals surface area (Å²) in [4.78, 5) is 14.5. The van der Waals surface area contributed by atoms with Crippen LogP contribution in [0.5, 0.6) is 5.88 Å². The number of amides is 1. The number of carbonyl (C=O) groups is 1. The molecular formula is C14H9BrF3N5O2. The fourth-order valence-electron chi connectivity index (χ4n) is 2.11. The number of aromatic nitrogens is 3. The van der Waals surface area contributed by atoms with Gasteiger partial charge < -0.3 is 10.1 Å². The molecule has 3 aromatic rings. The van der Waals surface area contributed by atoms with Gasteiger partial charge in [-0.3, -0.25) is 9.48 Å². The lowest BCUT2D eigenvalue weighted by Gasteiger charge is -2.00. The molecule has 0 radical (unpaired) electrons. The Bertz CT molecular complexity index is 977. The number of aromatic hydroxyl groups is 1. The maximum Gasteiger partial charge on any atom is 0.435 e. The van der Waals surface area contributed by atoms with Gasteiger partial charge in [-0.2, -0.15) is 18.3 Å². The third-order valence-electron chi connectivity index (χ3n) is 3.20. The van der Waals surface area contributed by atoms with E-state index in [-0.39, 0.29) is 11.6 Å². The lowest BCUT2D eigenvalue weighted by Crippen LogP contribution is -2.11. The Labute approximate surface area is 146 Å². The average Bonchev–Trinajstić information content (AvgIpc) is 3.09. The van der Waals surface area contributed by atoms with Crippen LogP contribution in [-0.4, -0.2) is 25.8 Å². The SMILES string of the molecule is O=C(Cn1ccc(C(F)(F)F)n1)N=Nc1c(O)[nH]c2ccc(Br)cc12. The number of halogens is 4. The minimum atomic E-state index is -4.58. The molecule has 0 unspecified atom stereocenters. The highest BCUT2D eigenvalue weighted by molar-refractivity contribution is 9.10. The van der Waals surface area contributed by atoms with Crippen molar-refractivity contribution >= 4 is 38.4 Å². The Morgan fingerprint density at radius 3 is 2.80 bits per heavy atom. The number of rotatable bonds is 3. The molecule has 0 atom stereocenters. The highest BCUT2D eigenvalue weighted by Crippen LogP contribution is 2.36. The Balaban J connectivity index is 1.78. The van der Waals surface area contributed by atoms with E-state index in [9.17, 15) is 23.1 Å². The molecular weight excluding hydrogens is 407 g/mol.